The summed E-state index contributed by atoms with van der Waals surface area (Å²) in [6, 6.07) is 0. The normalized spacial score (nSPS) is 31.7. The van der Waals surface area contributed by atoms with Gasteiger partial charge in [0.05, 0.1) is 18.3 Å². The topological polar surface area (TPSA) is 58.7 Å². The van der Waals surface area contributed by atoms with Crippen molar-refractivity contribution in [1.82, 2.24) is 4.90 Å². The van der Waals surface area contributed by atoms with Gasteiger partial charge < -0.3 is 15.6 Å². The molecule has 0 aromatic rings. The summed E-state index contributed by atoms with van der Waals surface area (Å²) in [5.74, 6) is 0. The van der Waals surface area contributed by atoms with E-state index in [1.54, 1.807) is 0 Å². The Labute approximate surface area is 86.0 Å². The molecule has 0 saturated carbocycles. The highest BCUT2D eigenvalue weighted by molar-refractivity contribution is 4.73. The zero-order valence-electron chi connectivity index (χ0n) is 9.15. The standard InChI is InChI=1S/C10H22N2O2/c1-8-6-12(7-9(2)14-8)4-3-10(13)5-11/h8-10,13H,3-7,11H2,1-2H3/t8-,9+,10?. The second-order valence-corrected chi connectivity index (χ2v) is 4.20. The first-order chi connectivity index (χ1) is 6.61. The number of rotatable bonds is 4. The van der Waals surface area contributed by atoms with E-state index < -0.39 is 0 Å². The molecule has 3 atom stereocenters. The number of hydrogen-bond donors (Lipinski definition) is 2. The van der Waals surface area contributed by atoms with Gasteiger partial charge in [0.2, 0.25) is 0 Å². The first-order valence-corrected chi connectivity index (χ1v) is 5.37. The van der Waals surface area contributed by atoms with E-state index in [0.29, 0.717) is 18.8 Å². The molecule has 1 fully saturated rings. The minimum atomic E-state index is -0.358. The van der Waals surface area contributed by atoms with Crippen molar-refractivity contribution >= 4 is 0 Å². The van der Waals surface area contributed by atoms with Crippen LogP contribution in [0, 0.1) is 0 Å². The van der Waals surface area contributed by atoms with Crippen molar-refractivity contribution in [3.8, 4) is 0 Å². The molecule has 0 amide bonds. The molecule has 1 heterocycles. The Morgan fingerprint density at radius 1 is 1.43 bits per heavy atom. The van der Waals surface area contributed by atoms with Crippen LogP contribution < -0.4 is 5.73 Å². The minimum absolute atomic E-state index is 0.300. The monoisotopic (exact) mass is 202 g/mol. The molecule has 3 N–H and O–H groups in total. The number of nitrogens with two attached hydrogens (primary N) is 1. The summed E-state index contributed by atoms with van der Waals surface area (Å²) in [5, 5.41) is 9.34. The van der Waals surface area contributed by atoms with E-state index in [4.69, 9.17) is 10.5 Å². The van der Waals surface area contributed by atoms with Gasteiger partial charge in [0.25, 0.3) is 0 Å². The van der Waals surface area contributed by atoms with Gasteiger partial charge in [0, 0.05) is 26.2 Å². The van der Waals surface area contributed by atoms with Crippen LogP contribution in [0.5, 0.6) is 0 Å². The van der Waals surface area contributed by atoms with Gasteiger partial charge in [-0.25, -0.2) is 0 Å². The first kappa shape index (κ1) is 11.9. The molecule has 0 aliphatic carbocycles. The van der Waals surface area contributed by atoms with Crippen LogP contribution in [-0.4, -0.2) is 54.5 Å². The molecule has 14 heavy (non-hydrogen) atoms. The minimum Gasteiger partial charge on any atom is -0.392 e. The Hall–Kier alpha value is -0.160. The summed E-state index contributed by atoms with van der Waals surface area (Å²) < 4.78 is 5.62. The predicted molar refractivity (Wildman–Crippen MR) is 56.1 cm³/mol. The van der Waals surface area contributed by atoms with Gasteiger partial charge in [-0.1, -0.05) is 0 Å². The van der Waals surface area contributed by atoms with Crippen molar-refractivity contribution in [3.63, 3.8) is 0 Å². The van der Waals surface area contributed by atoms with E-state index in [9.17, 15) is 5.11 Å². The van der Waals surface area contributed by atoms with E-state index in [0.717, 1.165) is 26.1 Å². The molecule has 0 aromatic heterocycles. The van der Waals surface area contributed by atoms with E-state index in [1.165, 1.54) is 0 Å². The zero-order valence-corrected chi connectivity index (χ0v) is 9.15. The maximum absolute atomic E-state index is 9.34. The first-order valence-electron chi connectivity index (χ1n) is 5.37. The van der Waals surface area contributed by atoms with Crippen LogP contribution in [0.2, 0.25) is 0 Å². The van der Waals surface area contributed by atoms with Crippen LogP contribution in [0.4, 0.5) is 0 Å². The maximum atomic E-state index is 9.34. The molecule has 1 aliphatic heterocycles. The largest absolute Gasteiger partial charge is 0.392 e. The molecule has 84 valence electrons. The molecular formula is C10H22N2O2. The van der Waals surface area contributed by atoms with E-state index in [1.807, 2.05) is 0 Å². The lowest BCUT2D eigenvalue weighted by Gasteiger charge is -2.35. The lowest BCUT2D eigenvalue weighted by molar-refractivity contribution is -0.0700. The van der Waals surface area contributed by atoms with Gasteiger partial charge in [0.1, 0.15) is 0 Å². The molecule has 0 aromatic carbocycles. The third kappa shape index (κ3) is 3.92. The third-order valence-corrected chi connectivity index (χ3v) is 2.55. The van der Waals surface area contributed by atoms with Crippen molar-refractivity contribution in [2.24, 2.45) is 5.73 Å². The number of ether oxygens (including phenoxy) is 1. The van der Waals surface area contributed by atoms with Crippen LogP contribution in [0.1, 0.15) is 20.3 Å². The number of aliphatic hydroxyl groups excluding tert-OH is 1. The van der Waals surface area contributed by atoms with Crippen molar-refractivity contribution in [2.45, 2.75) is 38.6 Å². The number of nitrogens with zero attached hydrogens (tertiary/aromatic N) is 1. The van der Waals surface area contributed by atoms with Gasteiger partial charge in [0.15, 0.2) is 0 Å². The Bertz CT molecular complexity index is 156. The highest BCUT2D eigenvalue weighted by Gasteiger charge is 2.21. The SMILES string of the molecule is C[C@@H]1CN(CCC(O)CN)C[C@H](C)O1. The third-order valence-electron chi connectivity index (χ3n) is 2.55. The Kier molecular flexibility index (Phi) is 4.81. The number of hydrogen-bond acceptors (Lipinski definition) is 4. The number of morpholine rings is 1. The zero-order chi connectivity index (χ0) is 10.6. The molecule has 0 radical (unpaired) electrons. The lowest BCUT2D eigenvalue weighted by atomic mass is 10.2. The van der Waals surface area contributed by atoms with Crippen molar-refractivity contribution < 1.29 is 9.84 Å². The fourth-order valence-electron chi connectivity index (χ4n) is 1.92. The average molecular weight is 202 g/mol. The average Bonchev–Trinajstić information content (AvgIpc) is 2.12. The second kappa shape index (κ2) is 5.66. The summed E-state index contributed by atoms with van der Waals surface area (Å²) >= 11 is 0. The van der Waals surface area contributed by atoms with Gasteiger partial charge in [-0.15, -0.1) is 0 Å². The van der Waals surface area contributed by atoms with Crippen LogP contribution in [0.25, 0.3) is 0 Å². The molecule has 4 nitrogen and oxygen atoms in total. The molecule has 4 heteroatoms. The van der Waals surface area contributed by atoms with Crippen LogP contribution in [0.3, 0.4) is 0 Å². The van der Waals surface area contributed by atoms with Crippen LogP contribution in [-0.2, 0) is 4.74 Å². The lowest BCUT2D eigenvalue weighted by Crippen LogP contribution is -2.46. The molecule has 1 saturated heterocycles. The van der Waals surface area contributed by atoms with Crippen LogP contribution >= 0.6 is 0 Å². The summed E-state index contributed by atoms with van der Waals surface area (Å²) in [5.41, 5.74) is 5.35. The smallest absolute Gasteiger partial charge is 0.0678 e. The molecular weight excluding hydrogens is 180 g/mol. The molecule has 0 bridgehead atoms. The second-order valence-electron chi connectivity index (χ2n) is 4.20. The van der Waals surface area contributed by atoms with Crippen molar-refractivity contribution in [2.75, 3.05) is 26.2 Å². The molecule has 1 rings (SSSR count). The summed E-state index contributed by atoms with van der Waals surface area (Å²) in [4.78, 5) is 2.33. The van der Waals surface area contributed by atoms with E-state index >= 15 is 0 Å². The van der Waals surface area contributed by atoms with E-state index in [-0.39, 0.29) is 6.10 Å². The fourth-order valence-corrected chi connectivity index (χ4v) is 1.92. The summed E-state index contributed by atoms with van der Waals surface area (Å²) in [6.45, 7) is 7.36. The maximum Gasteiger partial charge on any atom is 0.0678 e. The Morgan fingerprint density at radius 3 is 2.50 bits per heavy atom. The highest BCUT2D eigenvalue weighted by Crippen LogP contribution is 2.11. The molecule has 1 aliphatic rings. The van der Waals surface area contributed by atoms with Crippen molar-refractivity contribution in [3.05, 3.63) is 0 Å². The van der Waals surface area contributed by atoms with E-state index in [2.05, 4.69) is 18.7 Å². The molecule has 1 unspecified atom stereocenters. The number of aliphatic hydroxyl groups is 1. The van der Waals surface area contributed by atoms with Crippen molar-refractivity contribution in [1.29, 1.82) is 0 Å². The quantitative estimate of drug-likeness (QED) is 0.663. The predicted octanol–water partition coefficient (Wildman–Crippen LogP) is -0.195. The fraction of sp³-hybridized carbons (Fsp3) is 1.00. The van der Waals surface area contributed by atoms with Gasteiger partial charge in [-0.05, 0) is 20.3 Å². The Balaban J connectivity index is 2.23. The van der Waals surface area contributed by atoms with Gasteiger partial charge >= 0.3 is 0 Å². The van der Waals surface area contributed by atoms with Crippen LogP contribution in [0.15, 0.2) is 0 Å². The Morgan fingerprint density at radius 2 is 2.00 bits per heavy atom. The summed E-state index contributed by atoms with van der Waals surface area (Å²) in [7, 11) is 0. The summed E-state index contributed by atoms with van der Waals surface area (Å²) in [6.07, 6.45) is 1.00. The molecule has 0 spiro atoms. The van der Waals surface area contributed by atoms with Gasteiger partial charge in [-0.3, -0.25) is 4.90 Å². The highest BCUT2D eigenvalue weighted by atomic mass is 16.5. The van der Waals surface area contributed by atoms with Gasteiger partial charge in [-0.2, -0.15) is 0 Å².